The molecule has 15 heavy (non-hydrogen) atoms. The topological polar surface area (TPSA) is 12.0 Å². The van der Waals surface area contributed by atoms with Gasteiger partial charge in [-0.15, -0.1) is 0 Å². The normalized spacial score (nSPS) is 15.6. The molecule has 10 heteroatoms. The van der Waals surface area contributed by atoms with E-state index in [2.05, 4.69) is 0 Å². The van der Waals surface area contributed by atoms with E-state index in [9.17, 15) is 39.5 Å². The lowest BCUT2D eigenvalue weighted by Crippen LogP contribution is -2.73. The van der Waals surface area contributed by atoms with Gasteiger partial charge in [-0.1, -0.05) is 0 Å². The van der Waals surface area contributed by atoms with Crippen molar-refractivity contribution in [3.8, 4) is 0 Å². The molecule has 0 bridgehead atoms. The first kappa shape index (κ1) is 14.3. The van der Waals surface area contributed by atoms with E-state index in [4.69, 9.17) is 0 Å². The van der Waals surface area contributed by atoms with Crippen molar-refractivity contribution in [2.45, 2.75) is 24.1 Å². The highest BCUT2D eigenvalue weighted by molar-refractivity contribution is 5.06. The summed E-state index contributed by atoms with van der Waals surface area (Å²) >= 11 is 0. The molecule has 0 fully saturated rings. The largest absolute Gasteiger partial charge is 0.424 e. The SMILES string of the molecule is CNC(C(F)(F)F)(C(F)(F)F)C(F)(F)F. The Morgan fingerprint density at radius 1 is 0.600 bits per heavy atom. The Hall–Kier alpha value is -0.670. The first-order valence-corrected chi connectivity index (χ1v) is 3.20. The molecule has 0 saturated heterocycles. The zero-order chi connectivity index (χ0) is 12.7. The maximum absolute atomic E-state index is 11.9. The molecule has 1 N–H and O–H groups in total. The second-order valence-electron chi connectivity index (χ2n) is 2.49. The summed E-state index contributed by atoms with van der Waals surface area (Å²) in [7, 11) is -0.0610. The molecule has 0 rings (SSSR count). The van der Waals surface area contributed by atoms with E-state index in [1.807, 2.05) is 0 Å². The minimum Gasteiger partial charge on any atom is -0.291 e. The molecule has 0 aliphatic carbocycles. The van der Waals surface area contributed by atoms with E-state index in [1.165, 1.54) is 0 Å². The van der Waals surface area contributed by atoms with Gasteiger partial charge in [-0.2, -0.15) is 39.5 Å². The summed E-state index contributed by atoms with van der Waals surface area (Å²) in [6.45, 7) is 0. The number of rotatable bonds is 1. The Morgan fingerprint density at radius 2 is 0.800 bits per heavy atom. The van der Waals surface area contributed by atoms with Gasteiger partial charge in [0.1, 0.15) is 0 Å². The number of hydrogen-bond acceptors (Lipinski definition) is 1. The van der Waals surface area contributed by atoms with E-state index in [0.717, 1.165) is 0 Å². The maximum Gasteiger partial charge on any atom is 0.424 e. The second kappa shape index (κ2) is 3.42. The highest BCUT2D eigenvalue weighted by Gasteiger charge is 2.83. The van der Waals surface area contributed by atoms with Crippen LogP contribution in [-0.4, -0.2) is 31.1 Å². The van der Waals surface area contributed by atoms with Gasteiger partial charge in [0.25, 0.3) is 0 Å². The maximum atomic E-state index is 11.9. The Labute approximate surface area is 77.2 Å². The van der Waals surface area contributed by atoms with Crippen LogP contribution in [0.5, 0.6) is 0 Å². The fourth-order valence-electron chi connectivity index (χ4n) is 0.907. The molecule has 0 aromatic rings. The molecule has 0 heterocycles. The lowest BCUT2D eigenvalue weighted by molar-refractivity contribution is -0.388. The van der Waals surface area contributed by atoms with Gasteiger partial charge in [-0.25, -0.2) is 0 Å². The zero-order valence-corrected chi connectivity index (χ0v) is 6.90. The first-order valence-electron chi connectivity index (χ1n) is 3.20. The number of hydrogen-bond donors (Lipinski definition) is 1. The van der Waals surface area contributed by atoms with Crippen LogP contribution in [0.4, 0.5) is 39.5 Å². The lowest BCUT2D eigenvalue weighted by Gasteiger charge is -2.37. The Bertz CT molecular complexity index is 184. The van der Waals surface area contributed by atoms with Gasteiger partial charge in [-0.3, -0.25) is 5.32 Å². The average Bonchev–Trinajstić information content (AvgIpc) is 1.76. The molecule has 0 amide bonds. The smallest absolute Gasteiger partial charge is 0.291 e. The van der Waals surface area contributed by atoms with E-state index in [0.29, 0.717) is 0 Å². The first-order chi connectivity index (χ1) is 6.31. The van der Waals surface area contributed by atoms with Crippen molar-refractivity contribution in [1.29, 1.82) is 0 Å². The van der Waals surface area contributed by atoms with Gasteiger partial charge in [0, 0.05) is 0 Å². The molecular weight excluding hydrogens is 245 g/mol. The van der Waals surface area contributed by atoms with Gasteiger partial charge < -0.3 is 0 Å². The molecule has 0 aliphatic heterocycles. The summed E-state index contributed by atoms with van der Waals surface area (Å²) in [5, 5.41) is 0.260. The molecule has 0 atom stereocenters. The van der Waals surface area contributed by atoms with Crippen LogP contribution in [0.2, 0.25) is 0 Å². The van der Waals surface area contributed by atoms with Crippen molar-refractivity contribution in [2.24, 2.45) is 0 Å². The predicted molar refractivity (Wildman–Crippen MR) is 30.0 cm³/mol. The molecule has 92 valence electrons. The van der Waals surface area contributed by atoms with Crippen LogP contribution >= 0.6 is 0 Å². The van der Waals surface area contributed by atoms with Crippen LogP contribution in [0.3, 0.4) is 0 Å². The second-order valence-corrected chi connectivity index (χ2v) is 2.49. The third-order valence-corrected chi connectivity index (χ3v) is 1.65. The van der Waals surface area contributed by atoms with E-state index in [1.54, 1.807) is 0 Å². The van der Waals surface area contributed by atoms with Crippen LogP contribution in [0.25, 0.3) is 0 Å². The Morgan fingerprint density at radius 3 is 0.800 bits per heavy atom. The minimum absolute atomic E-state index is 0.0610. The molecule has 1 nitrogen and oxygen atoms in total. The van der Waals surface area contributed by atoms with E-state index < -0.39 is 24.1 Å². The summed E-state index contributed by atoms with van der Waals surface area (Å²) in [6, 6.07) is 0. The molecule has 0 radical (unpaired) electrons. The number of alkyl halides is 9. The lowest BCUT2D eigenvalue weighted by atomic mass is 9.97. The minimum atomic E-state index is -6.53. The van der Waals surface area contributed by atoms with Crippen LogP contribution < -0.4 is 5.32 Å². The quantitative estimate of drug-likeness (QED) is 0.704. The van der Waals surface area contributed by atoms with E-state index in [-0.39, 0.29) is 12.4 Å². The van der Waals surface area contributed by atoms with Crippen LogP contribution in [0.15, 0.2) is 0 Å². The monoisotopic (exact) mass is 249 g/mol. The Balaban J connectivity index is 5.78. The molecule has 0 unspecified atom stereocenters. The zero-order valence-electron chi connectivity index (χ0n) is 6.90. The fourth-order valence-corrected chi connectivity index (χ4v) is 0.907. The van der Waals surface area contributed by atoms with Crippen LogP contribution in [0, 0.1) is 0 Å². The standard InChI is InChI=1S/C5H4F9N/c1-15-2(3(6,7)8,4(9,10)11)5(12,13)14/h15H,1H3. The third-order valence-electron chi connectivity index (χ3n) is 1.65. The van der Waals surface area contributed by atoms with Gasteiger partial charge >= 0.3 is 24.1 Å². The molecule has 0 aromatic carbocycles. The Kier molecular flexibility index (Phi) is 3.27. The summed E-state index contributed by atoms with van der Waals surface area (Å²) in [5.74, 6) is 0. The van der Waals surface area contributed by atoms with Crippen molar-refractivity contribution in [1.82, 2.24) is 5.32 Å². The van der Waals surface area contributed by atoms with Gasteiger partial charge in [0.15, 0.2) is 0 Å². The fraction of sp³-hybridized carbons (Fsp3) is 1.00. The number of nitrogens with one attached hydrogen (secondary N) is 1. The summed E-state index contributed by atoms with van der Waals surface area (Å²) in [6.07, 6.45) is -19.6. The van der Waals surface area contributed by atoms with Crippen LogP contribution in [0.1, 0.15) is 0 Å². The van der Waals surface area contributed by atoms with Gasteiger partial charge in [-0.05, 0) is 7.05 Å². The predicted octanol–water partition coefficient (Wildman–Crippen LogP) is 2.63. The summed E-state index contributed by atoms with van der Waals surface area (Å²) < 4.78 is 107. The highest BCUT2D eigenvalue weighted by atomic mass is 19.4. The number of halogens is 9. The van der Waals surface area contributed by atoms with Gasteiger partial charge in [0.05, 0.1) is 0 Å². The molecule has 0 saturated carbocycles. The molecule has 0 aliphatic rings. The van der Waals surface area contributed by atoms with Crippen molar-refractivity contribution in [3.05, 3.63) is 0 Å². The van der Waals surface area contributed by atoms with Crippen molar-refractivity contribution in [3.63, 3.8) is 0 Å². The van der Waals surface area contributed by atoms with Gasteiger partial charge in [0.2, 0.25) is 0 Å². The van der Waals surface area contributed by atoms with E-state index >= 15 is 0 Å². The molecule has 0 spiro atoms. The third kappa shape index (κ3) is 1.99. The highest BCUT2D eigenvalue weighted by Crippen LogP contribution is 2.51. The summed E-state index contributed by atoms with van der Waals surface area (Å²) in [4.78, 5) is 0. The van der Waals surface area contributed by atoms with Crippen molar-refractivity contribution in [2.75, 3.05) is 7.05 Å². The van der Waals surface area contributed by atoms with Crippen molar-refractivity contribution >= 4 is 0 Å². The summed E-state index contributed by atoms with van der Waals surface area (Å²) in [5.41, 5.74) is -5.90. The van der Waals surface area contributed by atoms with Crippen LogP contribution in [-0.2, 0) is 0 Å². The molecular formula is C5H4F9N. The molecule has 0 aromatic heterocycles. The average molecular weight is 249 g/mol. The van der Waals surface area contributed by atoms with Crippen molar-refractivity contribution < 1.29 is 39.5 Å².